The van der Waals surface area contributed by atoms with E-state index < -0.39 is 0 Å². The first-order valence-electron chi connectivity index (χ1n) is 7.67. The van der Waals surface area contributed by atoms with Crippen LogP contribution in [0, 0.1) is 5.92 Å². The zero-order valence-corrected chi connectivity index (χ0v) is 13.2. The molecule has 1 aromatic rings. The molecule has 2 fully saturated rings. The van der Waals surface area contributed by atoms with Crippen molar-refractivity contribution in [2.75, 3.05) is 26.7 Å². The summed E-state index contributed by atoms with van der Waals surface area (Å²) >= 11 is 6.04. The number of nitrogens with zero attached hydrogens (tertiary/aromatic N) is 1. The minimum atomic E-state index is 0.181. The Labute approximate surface area is 131 Å². The molecule has 1 aliphatic heterocycles. The summed E-state index contributed by atoms with van der Waals surface area (Å²) in [6.07, 6.45) is 4.04. The van der Waals surface area contributed by atoms with Gasteiger partial charge >= 0.3 is 0 Å². The third kappa shape index (κ3) is 3.62. The number of ether oxygens (including phenoxy) is 1. The highest BCUT2D eigenvalue weighted by Crippen LogP contribution is 2.34. The molecule has 1 aliphatic carbocycles. The van der Waals surface area contributed by atoms with E-state index in [-0.39, 0.29) is 5.75 Å². The molecule has 1 aromatic carbocycles. The van der Waals surface area contributed by atoms with E-state index in [1.165, 1.54) is 39.5 Å². The monoisotopic (exact) mass is 310 g/mol. The summed E-state index contributed by atoms with van der Waals surface area (Å²) in [6.45, 7) is 4.05. The van der Waals surface area contributed by atoms with Gasteiger partial charge in [-0.2, -0.15) is 0 Å². The van der Waals surface area contributed by atoms with Crippen LogP contribution in [0.5, 0.6) is 11.5 Å². The Bertz CT molecular complexity index is 505. The van der Waals surface area contributed by atoms with Crippen molar-refractivity contribution in [3.05, 3.63) is 22.7 Å². The zero-order valence-electron chi connectivity index (χ0n) is 12.4. The van der Waals surface area contributed by atoms with Crippen LogP contribution in [0.1, 0.15) is 24.8 Å². The summed E-state index contributed by atoms with van der Waals surface area (Å²) in [5, 5.41) is 14.1. The van der Waals surface area contributed by atoms with E-state index in [4.69, 9.17) is 16.3 Å². The van der Waals surface area contributed by atoms with Gasteiger partial charge in [-0.1, -0.05) is 11.6 Å². The number of phenols is 1. The quantitative estimate of drug-likeness (QED) is 0.848. The molecule has 2 aliphatic rings. The first kappa shape index (κ1) is 14.9. The van der Waals surface area contributed by atoms with Gasteiger partial charge in [0.1, 0.15) is 0 Å². The SMILES string of the molecule is COc1cc(Cl)cc(CNCC2CCN(C3CC3)C2)c1O. The van der Waals surface area contributed by atoms with Crippen LogP contribution in [0.15, 0.2) is 12.1 Å². The van der Waals surface area contributed by atoms with Gasteiger partial charge in [0.25, 0.3) is 0 Å². The smallest absolute Gasteiger partial charge is 0.162 e. The van der Waals surface area contributed by atoms with Crippen molar-refractivity contribution in [2.45, 2.75) is 31.8 Å². The average Bonchev–Trinajstić information content (AvgIpc) is 3.22. The normalized spacial score (nSPS) is 22.7. The number of rotatable bonds is 6. The topological polar surface area (TPSA) is 44.7 Å². The standard InChI is InChI=1S/C16H23ClN2O2/c1-21-15-7-13(17)6-12(16(15)20)9-18-8-11-4-5-19(10-11)14-2-3-14/h6-7,11,14,18,20H,2-5,8-10H2,1H3. The molecule has 0 spiro atoms. The van der Waals surface area contributed by atoms with Crippen LogP contribution in [0.25, 0.3) is 0 Å². The van der Waals surface area contributed by atoms with Gasteiger partial charge in [0.05, 0.1) is 7.11 Å². The van der Waals surface area contributed by atoms with Gasteiger partial charge in [0, 0.05) is 35.8 Å². The molecule has 0 amide bonds. The molecule has 1 saturated heterocycles. The number of phenolic OH excluding ortho intramolecular Hbond substituents is 1. The van der Waals surface area contributed by atoms with Crippen LogP contribution in [0.4, 0.5) is 0 Å². The Morgan fingerprint density at radius 1 is 1.38 bits per heavy atom. The number of hydrogen-bond donors (Lipinski definition) is 2. The molecular formula is C16H23ClN2O2. The van der Waals surface area contributed by atoms with Crippen molar-refractivity contribution in [1.82, 2.24) is 10.2 Å². The van der Waals surface area contributed by atoms with E-state index in [0.29, 0.717) is 23.2 Å². The lowest BCUT2D eigenvalue weighted by Gasteiger charge is -2.16. The molecule has 0 aromatic heterocycles. The zero-order chi connectivity index (χ0) is 14.8. The summed E-state index contributed by atoms with van der Waals surface area (Å²) in [7, 11) is 1.54. The van der Waals surface area contributed by atoms with Gasteiger partial charge in [-0.15, -0.1) is 0 Å². The summed E-state index contributed by atoms with van der Waals surface area (Å²) in [4.78, 5) is 2.62. The highest BCUT2D eigenvalue weighted by molar-refractivity contribution is 6.30. The number of benzene rings is 1. The minimum absolute atomic E-state index is 0.181. The van der Waals surface area contributed by atoms with E-state index >= 15 is 0 Å². The van der Waals surface area contributed by atoms with Crippen LogP contribution in [-0.4, -0.2) is 42.8 Å². The number of nitrogens with one attached hydrogen (secondary N) is 1. The summed E-state index contributed by atoms with van der Waals surface area (Å²) in [5.74, 6) is 1.33. The van der Waals surface area contributed by atoms with Crippen LogP contribution >= 0.6 is 11.6 Å². The fourth-order valence-electron chi connectivity index (χ4n) is 3.13. The molecule has 1 atom stereocenters. The number of methoxy groups -OCH3 is 1. The second-order valence-electron chi connectivity index (χ2n) is 6.13. The molecule has 1 heterocycles. The van der Waals surface area contributed by atoms with Crippen LogP contribution in [0.3, 0.4) is 0 Å². The molecule has 21 heavy (non-hydrogen) atoms. The predicted molar refractivity (Wildman–Crippen MR) is 84.1 cm³/mol. The van der Waals surface area contributed by atoms with Gasteiger partial charge in [0.2, 0.25) is 0 Å². The first-order chi connectivity index (χ1) is 10.2. The average molecular weight is 311 g/mol. The second-order valence-corrected chi connectivity index (χ2v) is 6.56. The number of halogens is 1. The fourth-order valence-corrected chi connectivity index (χ4v) is 3.36. The van der Waals surface area contributed by atoms with Crippen molar-refractivity contribution in [1.29, 1.82) is 0 Å². The molecule has 0 bridgehead atoms. The lowest BCUT2D eigenvalue weighted by atomic mass is 10.1. The summed E-state index contributed by atoms with van der Waals surface area (Å²) in [6, 6.07) is 4.29. The maximum Gasteiger partial charge on any atom is 0.162 e. The fraction of sp³-hybridized carbons (Fsp3) is 0.625. The third-order valence-corrected chi connectivity index (χ3v) is 4.69. The van der Waals surface area contributed by atoms with Crippen molar-refractivity contribution >= 4 is 11.6 Å². The van der Waals surface area contributed by atoms with E-state index in [2.05, 4.69) is 10.2 Å². The maximum absolute atomic E-state index is 10.1. The number of aromatic hydroxyl groups is 1. The van der Waals surface area contributed by atoms with Crippen LogP contribution in [-0.2, 0) is 6.54 Å². The third-order valence-electron chi connectivity index (χ3n) is 4.47. The Morgan fingerprint density at radius 2 is 2.19 bits per heavy atom. The highest BCUT2D eigenvalue weighted by atomic mass is 35.5. The molecule has 1 unspecified atom stereocenters. The highest BCUT2D eigenvalue weighted by Gasteiger charge is 2.34. The molecule has 4 nitrogen and oxygen atoms in total. The first-order valence-corrected chi connectivity index (χ1v) is 8.05. The molecule has 5 heteroatoms. The van der Waals surface area contributed by atoms with E-state index in [1.54, 1.807) is 12.1 Å². The van der Waals surface area contributed by atoms with E-state index in [0.717, 1.165) is 18.2 Å². The molecule has 116 valence electrons. The van der Waals surface area contributed by atoms with Gasteiger partial charge < -0.3 is 20.1 Å². The van der Waals surface area contributed by atoms with Crippen molar-refractivity contribution in [3.8, 4) is 11.5 Å². The molecule has 1 saturated carbocycles. The Balaban J connectivity index is 1.50. The van der Waals surface area contributed by atoms with Crippen molar-refractivity contribution in [2.24, 2.45) is 5.92 Å². The summed E-state index contributed by atoms with van der Waals surface area (Å²) in [5.41, 5.74) is 0.788. The van der Waals surface area contributed by atoms with E-state index in [1.807, 2.05) is 0 Å². The summed E-state index contributed by atoms with van der Waals surface area (Å²) < 4.78 is 5.12. The van der Waals surface area contributed by atoms with Gasteiger partial charge in [0.15, 0.2) is 11.5 Å². The Morgan fingerprint density at radius 3 is 2.90 bits per heavy atom. The van der Waals surface area contributed by atoms with E-state index in [9.17, 15) is 5.11 Å². The van der Waals surface area contributed by atoms with Crippen LogP contribution < -0.4 is 10.1 Å². The Kier molecular flexibility index (Phi) is 4.57. The van der Waals surface area contributed by atoms with Crippen LogP contribution in [0.2, 0.25) is 5.02 Å². The minimum Gasteiger partial charge on any atom is -0.504 e. The van der Waals surface area contributed by atoms with Gasteiger partial charge in [-0.25, -0.2) is 0 Å². The predicted octanol–water partition coefficient (Wildman–Crippen LogP) is 2.63. The van der Waals surface area contributed by atoms with Crippen molar-refractivity contribution in [3.63, 3.8) is 0 Å². The van der Waals surface area contributed by atoms with Crippen molar-refractivity contribution < 1.29 is 9.84 Å². The molecular weight excluding hydrogens is 288 g/mol. The number of likely N-dealkylation sites (tertiary alicyclic amines) is 1. The van der Waals surface area contributed by atoms with Gasteiger partial charge in [-0.05, 0) is 44.3 Å². The lowest BCUT2D eigenvalue weighted by Crippen LogP contribution is -2.27. The second kappa shape index (κ2) is 6.42. The number of hydrogen-bond acceptors (Lipinski definition) is 4. The molecule has 3 rings (SSSR count). The lowest BCUT2D eigenvalue weighted by molar-refractivity contribution is 0.311. The molecule has 2 N–H and O–H groups in total. The largest absolute Gasteiger partial charge is 0.504 e. The molecule has 0 radical (unpaired) electrons. The Hall–Kier alpha value is -0.970. The maximum atomic E-state index is 10.1. The van der Waals surface area contributed by atoms with Gasteiger partial charge in [-0.3, -0.25) is 0 Å².